The molecular weight excluding hydrogens is 407 g/mol. The third kappa shape index (κ3) is 3.81. The standard InChI is InChI=1S/C22H17FN2O4S/c1-12-9-20(27)29-18-10-16(7-8-17(12)18)24-19(26)11-25-21(13(2)30-22(25)28)14-3-5-15(23)6-4-14/h3-10H,11H2,1-2H3,(H,24,26). The topological polar surface area (TPSA) is 81.3 Å². The fourth-order valence-electron chi connectivity index (χ4n) is 3.37. The minimum atomic E-state index is -0.465. The lowest BCUT2D eigenvalue weighted by molar-refractivity contribution is -0.116. The van der Waals surface area contributed by atoms with Gasteiger partial charge in [-0.25, -0.2) is 9.18 Å². The molecule has 30 heavy (non-hydrogen) atoms. The molecule has 0 aliphatic heterocycles. The number of aromatic nitrogens is 1. The quantitative estimate of drug-likeness (QED) is 0.501. The normalized spacial score (nSPS) is 11.0. The molecule has 1 N–H and O–H groups in total. The summed E-state index contributed by atoms with van der Waals surface area (Å²) < 4.78 is 19.8. The van der Waals surface area contributed by atoms with E-state index in [0.717, 1.165) is 27.2 Å². The van der Waals surface area contributed by atoms with Crippen LogP contribution < -0.4 is 15.8 Å². The number of thiazole rings is 1. The number of nitrogens with one attached hydrogen (secondary N) is 1. The van der Waals surface area contributed by atoms with Crippen LogP contribution in [0.5, 0.6) is 0 Å². The zero-order valence-corrected chi connectivity index (χ0v) is 17.0. The highest BCUT2D eigenvalue weighted by atomic mass is 32.1. The summed E-state index contributed by atoms with van der Waals surface area (Å²) in [6.45, 7) is 3.39. The highest BCUT2D eigenvalue weighted by Crippen LogP contribution is 2.26. The van der Waals surface area contributed by atoms with Crippen molar-refractivity contribution in [1.82, 2.24) is 4.57 Å². The molecule has 152 valence electrons. The maximum absolute atomic E-state index is 13.3. The van der Waals surface area contributed by atoms with Crippen LogP contribution in [-0.2, 0) is 11.3 Å². The first-order chi connectivity index (χ1) is 14.3. The summed E-state index contributed by atoms with van der Waals surface area (Å²) in [6, 6.07) is 12.2. The van der Waals surface area contributed by atoms with Gasteiger partial charge in [0.15, 0.2) is 0 Å². The van der Waals surface area contributed by atoms with Crippen LogP contribution in [0.4, 0.5) is 10.1 Å². The number of rotatable bonds is 4. The van der Waals surface area contributed by atoms with Crippen LogP contribution in [0.2, 0.25) is 0 Å². The van der Waals surface area contributed by atoms with Crippen molar-refractivity contribution in [3.8, 4) is 11.3 Å². The molecule has 0 aliphatic rings. The third-order valence-corrected chi connectivity index (χ3v) is 5.61. The molecule has 4 aromatic rings. The third-order valence-electron chi connectivity index (χ3n) is 4.72. The molecule has 4 rings (SSSR count). The number of nitrogens with zero attached hydrogens (tertiary/aromatic N) is 1. The van der Waals surface area contributed by atoms with Gasteiger partial charge in [0, 0.05) is 28.1 Å². The van der Waals surface area contributed by atoms with Crippen LogP contribution in [0.1, 0.15) is 10.4 Å². The summed E-state index contributed by atoms with van der Waals surface area (Å²) in [4.78, 5) is 37.1. The minimum Gasteiger partial charge on any atom is -0.423 e. The fraction of sp³-hybridized carbons (Fsp3) is 0.136. The monoisotopic (exact) mass is 424 g/mol. The minimum absolute atomic E-state index is 0.203. The van der Waals surface area contributed by atoms with Gasteiger partial charge in [0.25, 0.3) is 0 Å². The largest absolute Gasteiger partial charge is 0.423 e. The van der Waals surface area contributed by atoms with E-state index in [4.69, 9.17) is 4.42 Å². The summed E-state index contributed by atoms with van der Waals surface area (Å²) in [5.41, 5.74) is 2.37. The van der Waals surface area contributed by atoms with Crippen molar-refractivity contribution in [2.24, 2.45) is 0 Å². The van der Waals surface area contributed by atoms with E-state index in [9.17, 15) is 18.8 Å². The number of aryl methyl sites for hydroxylation is 2. The molecule has 0 saturated heterocycles. The predicted molar refractivity (Wildman–Crippen MR) is 115 cm³/mol. The first kappa shape index (κ1) is 19.8. The number of carbonyl (C=O) groups excluding carboxylic acids is 1. The van der Waals surface area contributed by atoms with Gasteiger partial charge in [0.1, 0.15) is 17.9 Å². The Morgan fingerprint density at radius 3 is 2.57 bits per heavy atom. The zero-order chi connectivity index (χ0) is 21.4. The van der Waals surface area contributed by atoms with E-state index in [1.165, 1.54) is 22.8 Å². The molecule has 8 heteroatoms. The Balaban J connectivity index is 1.62. The van der Waals surface area contributed by atoms with E-state index in [2.05, 4.69) is 5.32 Å². The van der Waals surface area contributed by atoms with Crippen molar-refractivity contribution < 1.29 is 13.6 Å². The van der Waals surface area contributed by atoms with Crippen molar-refractivity contribution in [3.05, 3.63) is 84.9 Å². The Labute approximate surface area is 174 Å². The number of anilines is 1. The smallest absolute Gasteiger partial charge is 0.336 e. The van der Waals surface area contributed by atoms with Crippen LogP contribution >= 0.6 is 11.3 Å². The first-order valence-electron chi connectivity index (χ1n) is 9.12. The van der Waals surface area contributed by atoms with Crippen LogP contribution in [0.25, 0.3) is 22.2 Å². The number of halogens is 1. The summed E-state index contributed by atoms with van der Waals surface area (Å²) in [7, 11) is 0. The van der Waals surface area contributed by atoms with Crippen molar-refractivity contribution >= 4 is 33.9 Å². The van der Waals surface area contributed by atoms with Gasteiger partial charge in [0.05, 0.1) is 5.69 Å². The molecule has 0 bridgehead atoms. The Bertz CT molecular complexity index is 1380. The number of fused-ring (bicyclic) bond motifs is 1. The van der Waals surface area contributed by atoms with E-state index in [0.29, 0.717) is 22.5 Å². The van der Waals surface area contributed by atoms with Gasteiger partial charge < -0.3 is 9.73 Å². The molecule has 0 spiro atoms. The second-order valence-corrected chi connectivity index (χ2v) is 8.04. The molecule has 0 aliphatic carbocycles. The van der Waals surface area contributed by atoms with Gasteiger partial charge >= 0.3 is 10.5 Å². The van der Waals surface area contributed by atoms with Gasteiger partial charge in [-0.3, -0.25) is 14.2 Å². The molecule has 6 nitrogen and oxygen atoms in total. The summed E-state index contributed by atoms with van der Waals surface area (Å²) in [5.74, 6) is -0.788. The number of carbonyl (C=O) groups is 1. The fourth-order valence-corrected chi connectivity index (χ4v) is 4.23. The van der Waals surface area contributed by atoms with E-state index in [1.807, 2.05) is 0 Å². The van der Waals surface area contributed by atoms with Gasteiger partial charge in [0.2, 0.25) is 5.91 Å². The Kier molecular flexibility index (Phi) is 5.09. The van der Waals surface area contributed by atoms with Gasteiger partial charge in [-0.1, -0.05) is 11.3 Å². The molecule has 2 aromatic heterocycles. The first-order valence-corrected chi connectivity index (χ1v) is 9.94. The van der Waals surface area contributed by atoms with Gasteiger partial charge in [-0.2, -0.15) is 0 Å². The highest BCUT2D eigenvalue weighted by Gasteiger charge is 2.17. The van der Waals surface area contributed by atoms with Gasteiger partial charge in [-0.15, -0.1) is 0 Å². The van der Waals surface area contributed by atoms with E-state index < -0.39 is 11.5 Å². The molecule has 0 unspecified atom stereocenters. The number of amides is 1. The van der Waals surface area contributed by atoms with Crippen molar-refractivity contribution in [2.45, 2.75) is 20.4 Å². The zero-order valence-electron chi connectivity index (χ0n) is 16.2. The van der Waals surface area contributed by atoms with Crippen molar-refractivity contribution in [3.63, 3.8) is 0 Å². The number of benzene rings is 2. The van der Waals surface area contributed by atoms with Crippen molar-refractivity contribution in [1.29, 1.82) is 0 Å². The second kappa shape index (κ2) is 7.72. The molecule has 2 aromatic carbocycles. The summed E-state index contributed by atoms with van der Waals surface area (Å²) in [5, 5.41) is 3.50. The molecule has 0 fully saturated rings. The van der Waals surface area contributed by atoms with Crippen LogP contribution in [-0.4, -0.2) is 10.5 Å². The molecule has 0 radical (unpaired) electrons. The summed E-state index contributed by atoms with van der Waals surface area (Å²) >= 11 is 1.03. The lowest BCUT2D eigenvalue weighted by atomic mass is 10.1. The lowest BCUT2D eigenvalue weighted by Crippen LogP contribution is -2.25. The van der Waals surface area contributed by atoms with E-state index in [-0.39, 0.29) is 17.2 Å². The van der Waals surface area contributed by atoms with Crippen LogP contribution in [0.15, 0.2) is 62.5 Å². The molecular formula is C22H17FN2O4S. The Morgan fingerprint density at radius 2 is 1.83 bits per heavy atom. The number of hydrogen-bond acceptors (Lipinski definition) is 5. The van der Waals surface area contributed by atoms with E-state index in [1.54, 1.807) is 44.2 Å². The second-order valence-electron chi connectivity index (χ2n) is 6.87. The average molecular weight is 424 g/mol. The summed E-state index contributed by atoms with van der Waals surface area (Å²) in [6.07, 6.45) is 0. The van der Waals surface area contributed by atoms with Gasteiger partial charge in [-0.05, 0) is 61.4 Å². The Morgan fingerprint density at radius 1 is 1.10 bits per heavy atom. The maximum atomic E-state index is 13.3. The maximum Gasteiger partial charge on any atom is 0.336 e. The SMILES string of the molecule is Cc1sc(=O)n(CC(=O)Nc2ccc3c(C)cc(=O)oc3c2)c1-c1ccc(F)cc1. The van der Waals surface area contributed by atoms with Crippen LogP contribution in [0, 0.1) is 19.7 Å². The van der Waals surface area contributed by atoms with Crippen LogP contribution in [0.3, 0.4) is 0 Å². The molecule has 1 amide bonds. The molecule has 2 heterocycles. The molecule has 0 saturated carbocycles. The lowest BCUT2D eigenvalue weighted by Gasteiger charge is -2.10. The molecule has 0 atom stereocenters. The predicted octanol–water partition coefficient (Wildman–Crippen LogP) is 4.08. The van der Waals surface area contributed by atoms with Crippen molar-refractivity contribution in [2.75, 3.05) is 5.32 Å². The van der Waals surface area contributed by atoms with E-state index >= 15 is 0 Å². The highest BCUT2D eigenvalue weighted by molar-refractivity contribution is 7.09. The average Bonchev–Trinajstić information content (AvgIpc) is 2.95. The Hall–Kier alpha value is -3.52. The number of hydrogen-bond donors (Lipinski definition) is 1.